The molecule has 0 spiro atoms. The highest BCUT2D eigenvalue weighted by molar-refractivity contribution is 5.65. The second-order valence-corrected chi connectivity index (χ2v) is 10.1. The molecular formula is C31H33F5. The zero-order valence-corrected chi connectivity index (χ0v) is 20.7. The maximum absolute atomic E-state index is 15.0. The number of aryl methyl sites for hydroxylation is 2. The first kappa shape index (κ1) is 26.4. The Morgan fingerprint density at radius 2 is 1.28 bits per heavy atom. The molecule has 0 nitrogen and oxygen atoms in total. The minimum Gasteiger partial charge on any atom is -0.204 e. The lowest BCUT2D eigenvalue weighted by molar-refractivity contribution is 0.303. The predicted molar refractivity (Wildman–Crippen MR) is 134 cm³/mol. The zero-order valence-electron chi connectivity index (χ0n) is 20.7. The molecule has 0 unspecified atom stereocenters. The minimum atomic E-state index is -1.45. The summed E-state index contributed by atoms with van der Waals surface area (Å²) < 4.78 is 69.8. The van der Waals surface area contributed by atoms with Crippen molar-refractivity contribution in [2.75, 3.05) is 0 Å². The van der Waals surface area contributed by atoms with E-state index in [1.165, 1.54) is 12.8 Å². The minimum absolute atomic E-state index is 0.0897. The first-order chi connectivity index (χ1) is 17.4. The number of rotatable bonds is 9. The molecule has 192 valence electrons. The van der Waals surface area contributed by atoms with Gasteiger partial charge in [-0.25, -0.2) is 22.0 Å². The second-order valence-electron chi connectivity index (χ2n) is 10.1. The molecule has 0 bridgehead atoms. The van der Waals surface area contributed by atoms with E-state index in [4.69, 9.17) is 0 Å². The predicted octanol–water partition coefficient (Wildman–Crippen LogP) is 9.69. The largest absolute Gasteiger partial charge is 0.204 e. The fourth-order valence-corrected chi connectivity index (χ4v) is 5.53. The molecule has 0 atom stereocenters. The maximum Gasteiger partial charge on any atom is 0.194 e. The molecule has 5 heteroatoms. The average molecular weight is 501 g/mol. The van der Waals surface area contributed by atoms with Crippen LogP contribution < -0.4 is 0 Å². The Hall–Kier alpha value is -2.69. The molecule has 1 saturated carbocycles. The van der Waals surface area contributed by atoms with Crippen molar-refractivity contribution >= 4 is 0 Å². The van der Waals surface area contributed by atoms with Gasteiger partial charge in [-0.2, -0.15) is 0 Å². The third kappa shape index (κ3) is 6.16. The average Bonchev–Trinajstić information content (AvgIpc) is 2.88. The highest BCUT2D eigenvalue weighted by Gasteiger charge is 2.26. The van der Waals surface area contributed by atoms with E-state index in [1.54, 1.807) is 24.3 Å². The molecule has 0 radical (unpaired) electrons. The van der Waals surface area contributed by atoms with Crippen LogP contribution in [0, 0.1) is 35.0 Å². The van der Waals surface area contributed by atoms with Gasteiger partial charge in [-0.05, 0) is 97.6 Å². The fourth-order valence-electron chi connectivity index (χ4n) is 5.53. The fraction of sp³-hybridized carbons (Fsp3) is 0.419. The normalized spacial score (nSPS) is 17.9. The number of halogens is 5. The van der Waals surface area contributed by atoms with Crippen LogP contribution >= 0.6 is 0 Å². The molecule has 1 aliphatic rings. The Morgan fingerprint density at radius 1 is 0.667 bits per heavy atom. The lowest BCUT2D eigenvalue weighted by Crippen LogP contribution is -2.14. The molecule has 0 amide bonds. The second kappa shape index (κ2) is 12.0. The van der Waals surface area contributed by atoms with Gasteiger partial charge in [0.05, 0.1) is 0 Å². The van der Waals surface area contributed by atoms with Crippen molar-refractivity contribution in [2.45, 2.75) is 77.0 Å². The Morgan fingerprint density at radius 3 is 1.89 bits per heavy atom. The lowest BCUT2D eigenvalue weighted by Gasteiger charge is -2.29. The summed E-state index contributed by atoms with van der Waals surface area (Å²) in [6, 6.07) is 12.9. The van der Waals surface area contributed by atoms with Crippen LogP contribution in [0.25, 0.3) is 11.1 Å². The van der Waals surface area contributed by atoms with E-state index in [9.17, 15) is 13.2 Å². The van der Waals surface area contributed by atoms with Crippen molar-refractivity contribution in [3.05, 3.63) is 94.3 Å². The third-order valence-electron chi connectivity index (χ3n) is 7.59. The topological polar surface area (TPSA) is 0 Å². The highest BCUT2D eigenvalue weighted by Crippen LogP contribution is 2.40. The molecule has 3 aromatic rings. The molecule has 0 saturated heterocycles. The Kier molecular flexibility index (Phi) is 8.81. The summed E-state index contributed by atoms with van der Waals surface area (Å²) in [5.74, 6) is -4.48. The summed E-state index contributed by atoms with van der Waals surface area (Å²) in [6.07, 6.45) is 9.04. The van der Waals surface area contributed by atoms with Gasteiger partial charge in [0.15, 0.2) is 29.1 Å². The van der Waals surface area contributed by atoms with Crippen LogP contribution in [0.3, 0.4) is 0 Å². The molecule has 3 aromatic carbocycles. The number of hydrogen-bond donors (Lipinski definition) is 0. The zero-order chi connectivity index (χ0) is 25.7. The van der Waals surface area contributed by atoms with Crippen LogP contribution in [0.15, 0.2) is 48.5 Å². The Labute approximate surface area is 210 Å². The molecule has 0 heterocycles. The van der Waals surface area contributed by atoms with E-state index in [-0.39, 0.29) is 11.5 Å². The number of hydrogen-bond acceptors (Lipinski definition) is 0. The van der Waals surface area contributed by atoms with E-state index < -0.39 is 29.1 Å². The van der Waals surface area contributed by atoms with E-state index in [1.807, 2.05) is 12.1 Å². The third-order valence-corrected chi connectivity index (χ3v) is 7.59. The molecule has 0 aliphatic heterocycles. The van der Waals surface area contributed by atoms with Crippen LogP contribution in [-0.2, 0) is 12.8 Å². The SMILES string of the molecule is CCCC1CCC(c2ccc(-c3ccc(CCCCc4cc(F)c(F)c(F)c4)cc3)c(F)c2F)CC1. The van der Waals surface area contributed by atoms with Crippen molar-refractivity contribution in [2.24, 2.45) is 5.92 Å². The van der Waals surface area contributed by atoms with Gasteiger partial charge in [0.2, 0.25) is 0 Å². The highest BCUT2D eigenvalue weighted by atomic mass is 19.2. The van der Waals surface area contributed by atoms with Gasteiger partial charge in [0.1, 0.15) is 0 Å². The van der Waals surface area contributed by atoms with Crippen LogP contribution in [0.4, 0.5) is 22.0 Å². The van der Waals surface area contributed by atoms with Gasteiger partial charge in [-0.15, -0.1) is 0 Å². The Bertz CT molecular complexity index is 1140. The van der Waals surface area contributed by atoms with Gasteiger partial charge in [0.25, 0.3) is 0 Å². The molecule has 0 N–H and O–H groups in total. The van der Waals surface area contributed by atoms with E-state index in [2.05, 4.69) is 6.92 Å². The molecule has 1 fully saturated rings. The van der Waals surface area contributed by atoms with Crippen molar-refractivity contribution in [3.63, 3.8) is 0 Å². The van der Waals surface area contributed by atoms with Crippen molar-refractivity contribution in [1.29, 1.82) is 0 Å². The number of benzene rings is 3. The van der Waals surface area contributed by atoms with E-state index in [0.717, 1.165) is 56.2 Å². The van der Waals surface area contributed by atoms with Gasteiger partial charge >= 0.3 is 0 Å². The van der Waals surface area contributed by atoms with E-state index >= 15 is 8.78 Å². The van der Waals surface area contributed by atoms with Crippen LogP contribution in [-0.4, -0.2) is 0 Å². The first-order valence-corrected chi connectivity index (χ1v) is 13.1. The first-order valence-electron chi connectivity index (χ1n) is 13.1. The summed E-state index contributed by atoms with van der Waals surface area (Å²) in [7, 11) is 0. The lowest BCUT2D eigenvalue weighted by atomic mass is 9.77. The summed E-state index contributed by atoms with van der Waals surface area (Å²) in [5.41, 5.74) is 2.87. The summed E-state index contributed by atoms with van der Waals surface area (Å²) in [6.45, 7) is 2.19. The van der Waals surface area contributed by atoms with E-state index in [0.29, 0.717) is 35.4 Å². The van der Waals surface area contributed by atoms with Crippen LogP contribution in [0.5, 0.6) is 0 Å². The maximum atomic E-state index is 15.0. The quantitative estimate of drug-likeness (QED) is 0.156. The van der Waals surface area contributed by atoms with Crippen LogP contribution in [0.1, 0.15) is 80.9 Å². The van der Waals surface area contributed by atoms with Crippen molar-refractivity contribution < 1.29 is 22.0 Å². The van der Waals surface area contributed by atoms with Crippen molar-refractivity contribution in [3.8, 4) is 11.1 Å². The molecule has 36 heavy (non-hydrogen) atoms. The Balaban J connectivity index is 1.34. The molecular weight excluding hydrogens is 467 g/mol. The summed E-state index contributed by atoms with van der Waals surface area (Å²) in [5, 5.41) is 0. The van der Waals surface area contributed by atoms with Gasteiger partial charge < -0.3 is 0 Å². The van der Waals surface area contributed by atoms with Crippen LogP contribution in [0.2, 0.25) is 0 Å². The monoisotopic (exact) mass is 500 g/mol. The summed E-state index contributed by atoms with van der Waals surface area (Å²) >= 11 is 0. The van der Waals surface area contributed by atoms with Gasteiger partial charge in [0, 0.05) is 5.56 Å². The standard InChI is InChI=1S/C31H33F5/c1-2-5-20-8-12-23(13-9-20)25-16-17-26(30(35)29(25)34)24-14-10-21(11-15-24)6-3-4-7-22-18-27(32)31(36)28(33)19-22/h10-11,14-20,23H,2-9,12-13H2,1H3. The molecule has 1 aliphatic carbocycles. The molecule has 0 aromatic heterocycles. The van der Waals surface area contributed by atoms with Gasteiger partial charge in [-0.3, -0.25) is 0 Å². The van der Waals surface area contributed by atoms with Gasteiger partial charge in [-0.1, -0.05) is 56.2 Å². The number of unbranched alkanes of at least 4 members (excludes halogenated alkanes) is 1. The van der Waals surface area contributed by atoms with Crippen molar-refractivity contribution in [1.82, 2.24) is 0 Å². The summed E-state index contributed by atoms with van der Waals surface area (Å²) in [4.78, 5) is 0. The smallest absolute Gasteiger partial charge is 0.194 e. The molecule has 4 rings (SSSR count).